The standard InChI is InChI=1S/C18H27ClN2/c1-13(2)17-11-21(10-14-5-4-6-16(19)9-14)18(3,12-20-17)15-7-8-15/h4-6,9,13,15,17,20H,7-8,10-12H2,1-3H3. The highest BCUT2D eigenvalue weighted by atomic mass is 35.5. The lowest BCUT2D eigenvalue weighted by molar-refractivity contribution is 0.0187. The first-order chi connectivity index (χ1) is 9.99. The maximum absolute atomic E-state index is 6.16. The van der Waals surface area contributed by atoms with Crippen LogP contribution in [0.25, 0.3) is 0 Å². The summed E-state index contributed by atoms with van der Waals surface area (Å²) in [5, 5.41) is 4.63. The van der Waals surface area contributed by atoms with Crippen LogP contribution in [0, 0.1) is 11.8 Å². The maximum atomic E-state index is 6.16. The predicted molar refractivity (Wildman–Crippen MR) is 89.6 cm³/mol. The minimum absolute atomic E-state index is 0.299. The van der Waals surface area contributed by atoms with E-state index in [-0.39, 0.29) is 0 Å². The molecule has 1 aliphatic carbocycles. The summed E-state index contributed by atoms with van der Waals surface area (Å²) in [5.74, 6) is 1.54. The molecule has 0 amide bonds. The molecule has 2 atom stereocenters. The van der Waals surface area contributed by atoms with Crippen molar-refractivity contribution in [2.24, 2.45) is 11.8 Å². The summed E-state index contributed by atoms with van der Waals surface area (Å²) in [6.07, 6.45) is 2.77. The molecule has 0 bridgehead atoms. The summed E-state index contributed by atoms with van der Waals surface area (Å²) < 4.78 is 0. The van der Waals surface area contributed by atoms with Gasteiger partial charge in [-0.3, -0.25) is 4.90 Å². The number of hydrogen-bond acceptors (Lipinski definition) is 2. The molecule has 21 heavy (non-hydrogen) atoms. The summed E-state index contributed by atoms with van der Waals surface area (Å²) in [6, 6.07) is 8.93. The van der Waals surface area contributed by atoms with Crippen LogP contribution in [0.2, 0.25) is 5.02 Å². The first kappa shape index (κ1) is 15.3. The molecule has 1 heterocycles. The lowest BCUT2D eigenvalue weighted by Crippen LogP contribution is -2.65. The van der Waals surface area contributed by atoms with Crippen molar-refractivity contribution in [3.05, 3.63) is 34.9 Å². The third kappa shape index (κ3) is 3.28. The van der Waals surface area contributed by atoms with E-state index in [0.29, 0.717) is 17.5 Å². The molecule has 1 N–H and O–H groups in total. The number of piperazine rings is 1. The third-order valence-electron chi connectivity index (χ3n) is 5.39. The molecule has 2 nitrogen and oxygen atoms in total. The lowest BCUT2D eigenvalue weighted by atomic mass is 9.87. The van der Waals surface area contributed by atoms with Gasteiger partial charge in [-0.25, -0.2) is 0 Å². The van der Waals surface area contributed by atoms with Gasteiger partial charge in [0.15, 0.2) is 0 Å². The van der Waals surface area contributed by atoms with Crippen LogP contribution in [0.4, 0.5) is 0 Å². The fourth-order valence-corrected chi connectivity index (χ4v) is 3.83. The van der Waals surface area contributed by atoms with Crippen LogP contribution in [0.3, 0.4) is 0 Å². The highest BCUT2D eigenvalue weighted by molar-refractivity contribution is 6.30. The highest BCUT2D eigenvalue weighted by Gasteiger charge is 2.48. The molecule has 1 saturated carbocycles. The zero-order chi connectivity index (χ0) is 15.0. The molecule has 1 aromatic carbocycles. The summed E-state index contributed by atoms with van der Waals surface area (Å²) in [6.45, 7) is 10.3. The number of hydrogen-bond donors (Lipinski definition) is 1. The normalized spacial score (nSPS) is 30.8. The van der Waals surface area contributed by atoms with E-state index in [0.717, 1.165) is 30.6 Å². The molecule has 1 saturated heterocycles. The minimum atomic E-state index is 0.299. The van der Waals surface area contributed by atoms with Crippen LogP contribution >= 0.6 is 11.6 Å². The topological polar surface area (TPSA) is 15.3 Å². The number of benzene rings is 1. The van der Waals surface area contributed by atoms with Gasteiger partial charge < -0.3 is 5.32 Å². The Balaban J connectivity index is 1.79. The van der Waals surface area contributed by atoms with Gasteiger partial charge >= 0.3 is 0 Å². The second kappa shape index (κ2) is 5.91. The van der Waals surface area contributed by atoms with Crippen LogP contribution in [0.5, 0.6) is 0 Å². The fraction of sp³-hybridized carbons (Fsp3) is 0.667. The van der Waals surface area contributed by atoms with Crippen molar-refractivity contribution >= 4 is 11.6 Å². The van der Waals surface area contributed by atoms with Crippen LogP contribution in [-0.4, -0.2) is 29.6 Å². The van der Waals surface area contributed by atoms with Gasteiger partial charge in [-0.15, -0.1) is 0 Å². The van der Waals surface area contributed by atoms with E-state index < -0.39 is 0 Å². The molecular formula is C18H27ClN2. The van der Waals surface area contributed by atoms with Gasteiger partial charge in [0.1, 0.15) is 0 Å². The van der Waals surface area contributed by atoms with Gasteiger partial charge in [0, 0.05) is 36.2 Å². The minimum Gasteiger partial charge on any atom is -0.311 e. The zero-order valence-electron chi connectivity index (χ0n) is 13.4. The Bertz CT molecular complexity index is 498. The predicted octanol–water partition coefficient (Wildman–Crippen LogP) is 3.94. The first-order valence-corrected chi connectivity index (χ1v) is 8.60. The van der Waals surface area contributed by atoms with E-state index in [1.54, 1.807) is 0 Å². The molecule has 0 spiro atoms. The Hall–Kier alpha value is -0.570. The van der Waals surface area contributed by atoms with Crippen LogP contribution in [-0.2, 0) is 6.54 Å². The van der Waals surface area contributed by atoms with Crippen molar-refractivity contribution in [3.63, 3.8) is 0 Å². The van der Waals surface area contributed by atoms with Crippen LogP contribution in [0.1, 0.15) is 39.2 Å². The summed E-state index contributed by atoms with van der Waals surface area (Å²) >= 11 is 6.16. The smallest absolute Gasteiger partial charge is 0.0409 e. The molecule has 0 radical (unpaired) electrons. The SMILES string of the molecule is CC(C)C1CN(Cc2cccc(Cl)c2)C(C)(C2CC2)CN1. The van der Waals surface area contributed by atoms with Crippen molar-refractivity contribution in [3.8, 4) is 0 Å². The van der Waals surface area contributed by atoms with Gasteiger partial charge in [-0.2, -0.15) is 0 Å². The molecule has 3 heteroatoms. The quantitative estimate of drug-likeness (QED) is 0.906. The number of rotatable bonds is 4. The molecule has 1 aromatic rings. The Morgan fingerprint density at radius 3 is 2.76 bits per heavy atom. The molecule has 2 aliphatic rings. The van der Waals surface area contributed by atoms with E-state index in [1.807, 2.05) is 6.07 Å². The number of halogens is 1. The summed E-state index contributed by atoms with van der Waals surface area (Å²) in [5.41, 5.74) is 1.63. The molecule has 3 rings (SSSR count). The zero-order valence-corrected chi connectivity index (χ0v) is 14.2. The molecule has 116 valence electrons. The van der Waals surface area contributed by atoms with Gasteiger partial charge in [0.25, 0.3) is 0 Å². The average Bonchev–Trinajstić information content (AvgIpc) is 3.26. The molecule has 2 fully saturated rings. The van der Waals surface area contributed by atoms with Crippen LogP contribution in [0.15, 0.2) is 24.3 Å². The van der Waals surface area contributed by atoms with Crippen molar-refractivity contribution < 1.29 is 0 Å². The molecule has 1 aliphatic heterocycles. The van der Waals surface area contributed by atoms with E-state index in [4.69, 9.17) is 11.6 Å². The molecule has 2 unspecified atom stereocenters. The Morgan fingerprint density at radius 2 is 2.14 bits per heavy atom. The average molecular weight is 307 g/mol. The second-order valence-corrected chi connectivity index (χ2v) is 7.81. The van der Waals surface area contributed by atoms with E-state index in [1.165, 1.54) is 18.4 Å². The maximum Gasteiger partial charge on any atom is 0.0409 e. The highest BCUT2D eigenvalue weighted by Crippen LogP contribution is 2.44. The molecule has 0 aromatic heterocycles. The molecular weight excluding hydrogens is 280 g/mol. The van der Waals surface area contributed by atoms with E-state index in [2.05, 4.69) is 49.2 Å². The summed E-state index contributed by atoms with van der Waals surface area (Å²) in [4.78, 5) is 2.71. The van der Waals surface area contributed by atoms with Gasteiger partial charge in [0.05, 0.1) is 0 Å². The largest absolute Gasteiger partial charge is 0.311 e. The van der Waals surface area contributed by atoms with Gasteiger partial charge in [-0.1, -0.05) is 37.6 Å². The van der Waals surface area contributed by atoms with Crippen molar-refractivity contribution in [1.82, 2.24) is 10.2 Å². The second-order valence-electron chi connectivity index (χ2n) is 7.37. The van der Waals surface area contributed by atoms with Crippen LogP contribution < -0.4 is 5.32 Å². The van der Waals surface area contributed by atoms with E-state index in [9.17, 15) is 0 Å². The lowest BCUT2D eigenvalue weighted by Gasteiger charge is -2.49. The Kier molecular flexibility index (Phi) is 4.31. The Labute approximate surface area is 133 Å². The number of nitrogens with one attached hydrogen (secondary N) is 1. The fourth-order valence-electron chi connectivity index (χ4n) is 3.62. The van der Waals surface area contributed by atoms with Crippen molar-refractivity contribution in [2.75, 3.05) is 13.1 Å². The van der Waals surface area contributed by atoms with E-state index >= 15 is 0 Å². The Morgan fingerprint density at radius 1 is 1.38 bits per heavy atom. The first-order valence-electron chi connectivity index (χ1n) is 8.22. The van der Waals surface area contributed by atoms with Crippen molar-refractivity contribution in [2.45, 2.75) is 51.7 Å². The van der Waals surface area contributed by atoms with Crippen molar-refractivity contribution in [1.29, 1.82) is 0 Å². The van der Waals surface area contributed by atoms with Gasteiger partial charge in [-0.05, 0) is 49.3 Å². The third-order valence-corrected chi connectivity index (χ3v) is 5.62. The number of nitrogens with zero attached hydrogens (tertiary/aromatic N) is 1. The summed E-state index contributed by atoms with van der Waals surface area (Å²) in [7, 11) is 0. The van der Waals surface area contributed by atoms with Gasteiger partial charge in [0.2, 0.25) is 0 Å². The monoisotopic (exact) mass is 306 g/mol.